The van der Waals surface area contributed by atoms with Crippen LogP contribution in [0.25, 0.3) is 0 Å². The molecule has 4 N–H and O–H groups in total. The van der Waals surface area contributed by atoms with Crippen molar-refractivity contribution in [3.63, 3.8) is 0 Å². The van der Waals surface area contributed by atoms with Crippen LogP contribution in [0.2, 0.25) is 0 Å². The molecule has 7 heteroatoms. The number of sulfonamides is 1. The number of anilines is 1. The number of nitrogens with one attached hydrogen (secondary N) is 2. The molecule has 122 valence electrons. The number of hydrogen-bond donors (Lipinski definition) is 3. The molecule has 0 atom stereocenters. The third-order valence-corrected chi connectivity index (χ3v) is 4.15. The number of carbonyl (C=O) groups is 1. The van der Waals surface area contributed by atoms with Gasteiger partial charge >= 0.3 is 6.03 Å². The van der Waals surface area contributed by atoms with Crippen molar-refractivity contribution in [1.82, 2.24) is 5.32 Å². The van der Waals surface area contributed by atoms with Gasteiger partial charge in [0.25, 0.3) is 0 Å². The summed E-state index contributed by atoms with van der Waals surface area (Å²) in [4.78, 5) is 11.8. The minimum Gasteiger partial charge on any atom is -0.338 e. The van der Waals surface area contributed by atoms with Crippen molar-refractivity contribution in [3.8, 4) is 0 Å². The quantitative estimate of drug-likeness (QED) is 0.780. The van der Waals surface area contributed by atoms with Crippen molar-refractivity contribution in [2.45, 2.75) is 18.2 Å². The lowest BCUT2D eigenvalue weighted by atomic mass is 10.1. The fourth-order valence-corrected chi connectivity index (χ4v) is 2.61. The molecular weight excluding hydrogens is 314 g/mol. The number of carbonyl (C=O) groups excluding carboxylic acids is 1. The van der Waals surface area contributed by atoms with Crippen LogP contribution in [0.3, 0.4) is 0 Å². The highest BCUT2D eigenvalue weighted by Crippen LogP contribution is 2.12. The molecule has 6 nitrogen and oxygen atoms in total. The Morgan fingerprint density at radius 2 is 1.83 bits per heavy atom. The summed E-state index contributed by atoms with van der Waals surface area (Å²) in [5, 5.41) is 10.4. The second-order valence-electron chi connectivity index (χ2n) is 5.19. The molecule has 0 fully saturated rings. The molecule has 2 aromatic rings. The molecule has 0 heterocycles. The largest absolute Gasteiger partial charge is 0.338 e. The molecule has 23 heavy (non-hydrogen) atoms. The van der Waals surface area contributed by atoms with Crippen LogP contribution in [-0.4, -0.2) is 21.0 Å². The van der Waals surface area contributed by atoms with E-state index in [0.717, 1.165) is 12.0 Å². The Hall–Kier alpha value is -2.38. The van der Waals surface area contributed by atoms with Gasteiger partial charge in [0.1, 0.15) is 0 Å². The smallest absolute Gasteiger partial charge is 0.319 e. The van der Waals surface area contributed by atoms with Crippen molar-refractivity contribution in [2.24, 2.45) is 5.14 Å². The van der Waals surface area contributed by atoms with Gasteiger partial charge in [-0.05, 0) is 43.2 Å². The van der Waals surface area contributed by atoms with Crippen molar-refractivity contribution in [3.05, 3.63) is 59.7 Å². The number of benzene rings is 2. The summed E-state index contributed by atoms with van der Waals surface area (Å²) in [5.74, 6) is 0. The molecule has 2 amide bonds. The predicted molar refractivity (Wildman–Crippen MR) is 89.7 cm³/mol. The van der Waals surface area contributed by atoms with Crippen LogP contribution in [-0.2, 0) is 16.4 Å². The van der Waals surface area contributed by atoms with Gasteiger partial charge in [-0.3, -0.25) is 0 Å². The summed E-state index contributed by atoms with van der Waals surface area (Å²) in [6.45, 7) is 2.53. The van der Waals surface area contributed by atoms with E-state index in [9.17, 15) is 13.2 Å². The number of hydrogen-bond acceptors (Lipinski definition) is 3. The lowest BCUT2D eigenvalue weighted by Crippen LogP contribution is -2.30. The Kier molecular flexibility index (Phi) is 5.36. The zero-order chi connectivity index (χ0) is 16.9. The zero-order valence-corrected chi connectivity index (χ0v) is 13.6. The summed E-state index contributed by atoms with van der Waals surface area (Å²) in [6.07, 6.45) is 0.736. The molecule has 2 rings (SSSR count). The van der Waals surface area contributed by atoms with Crippen LogP contribution in [0.5, 0.6) is 0 Å². The maximum atomic E-state index is 11.8. The van der Waals surface area contributed by atoms with Gasteiger partial charge in [-0.2, -0.15) is 0 Å². The van der Waals surface area contributed by atoms with Gasteiger partial charge in [0, 0.05) is 12.2 Å². The molecule has 0 radical (unpaired) electrons. The van der Waals surface area contributed by atoms with Crippen LogP contribution in [0, 0.1) is 6.92 Å². The molecule has 0 bridgehead atoms. The van der Waals surface area contributed by atoms with E-state index in [1.165, 1.54) is 29.8 Å². The Bertz CT molecular complexity index is 786. The molecule has 2 aromatic carbocycles. The highest BCUT2D eigenvalue weighted by atomic mass is 32.2. The standard InChI is InChI=1S/C16H19N3O3S/c1-12-3-2-4-13(11-12)9-10-18-16(20)19-14-5-7-15(8-6-14)23(17,21)22/h2-8,11H,9-10H2,1H3,(H2,17,21,22)(H2,18,19,20). The van der Waals surface area contributed by atoms with E-state index in [-0.39, 0.29) is 10.9 Å². The Morgan fingerprint density at radius 3 is 2.43 bits per heavy atom. The summed E-state index contributed by atoms with van der Waals surface area (Å²) in [7, 11) is -3.72. The lowest BCUT2D eigenvalue weighted by molar-refractivity contribution is 0.252. The fraction of sp³-hybridized carbons (Fsp3) is 0.188. The predicted octanol–water partition coefficient (Wildman–Crippen LogP) is 2.01. The molecule has 0 spiro atoms. The van der Waals surface area contributed by atoms with Crippen molar-refractivity contribution < 1.29 is 13.2 Å². The van der Waals surface area contributed by atoms with Gasteiger partial charge in [-0.25, -0.2) is 18.4 Å². The number of primary sulfonamides is 1. The Labute approximate surface area is 135 Å². The Morgan fingerprint density at radius 1 is 1.13 bits per heavy atom. The first-order valence-electron chi connectivity index (χ1n) is 7.08. The first-order valence-corrected chi connectivity index (χ1v) is 8.62. The highest BCUT2D eigenvalue weighted by Gasteiger charge is 2.07. The SMILES string of the molecule is Cc1cccc(CCNC(=O)Nc2ccc(S(N)(=O)=O)cc2)c1. The average molecular weight is 333 g/mol. The average Bonchev–Trinajstić information content (AvgIpc) is 2.47. The minimum atomic E-state index is -3.72. The molecule has 0 saturated carbocycles. The van der Waals surface area contributed by atoms with E-state index < -0.39 is 10.0 Å². The van der Waals surface area contributed by atoms with Gasteiger partial charge in [0.15, 0.2) is 0 Å². The van der Waals surface area contributed by atoms with Gasteiger partial charge in [-0.15, -0.1) is 0 Å². The van der Waals surface area contributed by atoms with Crippen LogP contribution in [0.4, 0.5) is 10.5 Å². The van der Waals surface area contributed by atoms with Crippen LogP contribution in [0.1, 0.15) is 11.1 Å². The van der Waals surface area contributed by atoms with E-state index in [4.69, 9.17) is 5.14 Å². The van der Waals surface area contributed by atoms with E-state index in [1.54, 1.807) is 0 Å². The number of aryl methyl sites for hydroxylation is 1. The molecular formula is C16H19N3O3S. The molecule has 0 unspecified atom stereocenters. The third-order valence-electron chi connectivity index (χ3n) is 3.22. The van der Waals surface area contributed by atoms with Crippen LogP contribution in [0.15, 0.2) is 53.4 Å². The van der Waals surface area contributed by atoms with Crippen LogP contribution >= 0.6 is 0 Å². The molecule has 0 saturated heterocycles. The van der Waals surface area contributed by atoms with Gasteiger partial charge in [0.2, 0.25) is 10.0 Å². The normalized spacial score (nSPS) is 11.0. The van der Waals surface area contributed by atoms with Gasteiger partial charge in [-0.1, -0.05) is 29.8 Å². The third kappa shape index (κ3) is 5.39. The fourth-order valence-electron chi connectivity index (χ4n) is 2.09. The van der Waals surface area contributed by atoms with E-state index in [2.05, 4.69) is 16.7 Å². The maximum absolute atomic E-state index is 11.8. The summed E-state index contributed by atoms with van der Waals surface area (Å²) in [6, 6.07) is 13.4. The van der Waals surface area contributed by atoms with Gasteiger partial charge < -0.3 is 10.6 Å². The lowest BCUT2D eigenvalue weighted by Gasteiger charge is -2.08. The molecule has 0 aliphatic heterocycles. The number of amides is 2. The summed E-state index contributed by atoms with van der Waals surface area (Å²) < 4.78 is 22.3. The minimum absolute atomic E-state index is 0.00269. The monoisotopic (exact) mass is 333 g/mol. The number of urea groups is 1. The van der Waals surface area contributed by atoms with Crippen molar-refractivity contribution >= 4 is 21.7 Å². The summed E-state index contributed by atoms with van der Waals surface area (Å²) >= 11 is 0. The highest BCUT2D eigenvalue weighted by molar-refractivity contribution is 7.89. The summed E-state index contributed by atoms with van der Waals surface area (Å²) in [5.41, 5.74) is 2.83. The first-order chi connectivity index (χ1) is 10.8. The van der Waals surface area contributed by atoms with Crippen LogP contribution < -0.4 is 15.8 Å². The second kappa shape index (κ2) is 7.26. The maximum Gasteiger partial charge on any atom is 0.319 e. The van der Waals surface area contributed by atoms with Gasteiger partial charge in [0.05, 0.1) is 4.90 Å². The van der Waals surface area contributed by atoms with Crippen molar-refractivity contribution in [1.29, 1.82) is 0 Å². The zero-order valence-electron chi connectivity index (χ0n) is 12.7. The number of rotatable bonds is 5. The van der Waals surface area contributed by atoms with E-state index in [0.29, 0.717) is 12.2 Å². The second-order valence-corrected chi connectivity index (χ2v) is 6.75. The molecule has 0 aliphatic carbocycles. The van der Waals surface area contributed by atoms with Crippen molar-refractivity contribution in [2.75, 3.05) is 11.9 Å². The number of nitrogens with two attached hydrogens (primary N) is 1. The molecule has 0 aliphatic rings. The first kappa shape index (κ1) is 17.0. The molecule has 0 aromatic heterocycles. The van der Waals surface area contributed by atoms with E-state index >= 15 is 0 Å². The van der Waals surface area contributed by atoms with E-state index in [1.807, 2.05) is 25.1 Å². The Balaban J connectivity index is 1.83. The topological polar surface area (TPSA) is 101 Å².